The van der Waals surface area contributed by atoms with E-state index in [1.165, 1.54) is 12.2 Å². The van der Waals surface area contributed by atoms with Crippen LogP contribution < -0.4 is 5.43 Å². The first-order chi connectivity index (χ1) is 10.7. The summed E-state index contributed by atoms with van der Waals surface area (Å²) in [6, 6.07) is 0. The van der Waals surface area contributed by atoms with E-state index in [0.717, 1.165) is 5.01 Å². The molecule has 0 aromatic rings. The molecular formula is C16H24N2O5. The molecule has 0 radical (unpaired) electrons. The van der Waals surface area contributed by atoms with Gasteiger partial charge in [-0.1, -0.05) is 6.92 Å². The zero-order chi connectivity index (χ0) is 17.6. The lowest BCUT2D eigenvalue weighted by Gasteiger charge is -2.39. The topological polar surface area (TPSA) is 84.9 Å². The maximum atomic E-state index is 12.4. The van der Waals surface area contributed by atoms with E-state index < -0.39 is 17.7 Å². The molecule has 128 valence electrons. The van der Waals surface area contributed by atoms with Gasteiger partial charge in [-0.3, -0.25) is 4.79 Å². The zero-order valence-electron chi connectivity index (χ0n) is 14.2. The molecule has 1 rings (SSSR count). The third-order valence-electron chi connectivity index (χ3n) is 3.12. The van der Waals surface area contributed by atoms with Crippen molar-refractivity contribution in [3.05, 3.63) is 24.3 Å². The largest absolute Gasteiger partial charge is 0.446 e. The van der Waals surface area contributed by atoms with E-state index in [-0.39, 0.29) is 18.0 Å². The Kier molecular flexibility index (Phi) is 6.36. The Bertz CT molecular complexity index is 507. The molecule has 0 spiro atoms. The van der Waals surface area contributed by atoms with Crippen LogP contribution in [0.5, 0.6) is 0 Å². The molecule has 0 saturated heterocycles. The summed E-state index contributed by atoms with van der Waals surface area (Å²) in [6.45, 7) is 8.64. The second-order valence-electron chi connectivity index (χ2n) is 5.75. The summed E-state index contributed by atoms with van der Waals surface area (Å²) >= 11 is 0. The molecule has 7 nitrogen and oxygen atoms in total. The molecule has 0 aliphatic heterocycles. The van der Waals surface area contributed by atoms with Crippen molar-refractivity contribution in [3.63, 3.8) is 0 Å². The monoisotopic (exact) mass is 324 g/mol. The van der Waals surface area contributed by atoms with Crippen molar-refractivity contribution in [2.75, 3.05) is 0 Å². The molecular weight excluding hydrogens is 300 g/mol. The number of nitrogens with one attached hydrogen (secondary N) is 1. The maximum Gasteiger partial charge on any atom is 0.430 e. The number of allylic oxidation sites excluding steroid dienone is 2. The van der Waals surface area contributed by atoms with Crippen molar-refractivity contribution in [3.8, 4) is 0 Å². The SMILES string of the molecule is CCC1(N(NC(=O)OC(C)C)C(=O)OC(C)C)C=CC(=O)C=C1. The van der Waals surface area contributed by atoms with E-state index in [1.807, 2.05) is 6.92 Å². The van der Waals surface area contributed by atoms with E-state index in [4.69, 9.17) is 9.47 Å². The highest BCUT2D eigenvalue weighted by Crippen LogP contribution is 2.26. The van der Waals surface area contributed by atoms with E-state index >= 15 is 0 Å². The van der Waals surface area contributed by atoms with Crippen LogP contribution in [0.2, 0.25) is 0 Å². The predicted molar refractivity (Wildman–Crippen MR) is 84.5 cm³/mol. The molecule has 7 heteroatoms. The van der Waals surface area contributed by atoms with Crippen molar-refractivity contribution in [1.82, 2.24) is 10.4 Å². The van der Waals surface area contributed by atoms with Crippen LogP contribution in [-0.4, -0.2) is 40.7 Å². The molecule has 0 unspecified atom stereocenters. The van der Waals surface area contributed by atoms with Gasteiger partial charge < -0.3 is 9.47 Å². The molecule has 1 aliphatic rings. The second kappa shape index (κ2) is 7.80. The third kappa shape index (κ3) is 5.12. The van der Waals surface area contributed by atoms with E-state index in [9.17, 15) is 14.4 Å². The lowest BCUT2D eigenvalue weighted by atomic mass is 9.90. The number of carbonyl (C=O) groups excluding carboxylic acids is 3. The van der Waals surface area contributed by atoms with Crippen molar-refractivity contribution in [1.29, 1.82) is 0 Å². The lowest BCUT2D eigenvalue weighted by molar-refractivity contribution is -0.110. The maximum absolute atomic E-state index is 12.4. The van der Waals surface area contributed by atoms with Crippen LogP contribution in [0.25, 0.3) is 0 Å². The average Bonchev–Trinajstić information content (AvgIpc) is 2.45. The first kappa shape index (κ1) is 18.7. The fourth-order valence-corrected chi connectivity index (χ4v) is 2.01. The predicted octanol–water partition coefficient (Wildman–Crippen LogP) is 2.73. The van der Waals surface area contributed by atoms with Gasteiger partial charge in [-0.05, 0) is 58.4 Å². The van der Waals surface area contributed by atoms with Crippen LogP contribution in [0, 0.1) is 0 Å². The Morgan fingerprint density at radius 2 is 1.65 bits per heavy atom. The molecule has 0 heterocycles. The zero-order valence-corrected chi connectivity index (χ0v) is 14.2. The van der Waals surface area contributed by atoms with Crippen molar-refractivity contribution in [2.24, 2.45) is 0 Å². The second-order valence-corrected chi connectivity index (χ2v) is 5.75. The van der Waals surface area contributed by atoms with Crippen molar-refractivity contribution < 1.29 is 23.9 Å². The number of amides is 2. The average molecular weight is 324 g/mol. The van der Waals surface area contributed by atoms with Gasteiger partial charge in [0.1, 0.15) is 5.54 Å². The number of hydrogen-bond donors (Lipinski definition) is 1. The van der Waals surface area contributed by atoms with Crippen molar-refractivity contribution in [2.45, 2.75) is 58.8 Å². The highest BCUT2D eigenvalue weighted by atomic mass is 16.6. The Hall–Kier alpha value is -2.31. The molecule has 1 aliphatic carbocycles. The number of hydrogen-bond acceptors (Lipinski definition) is 5. The fraction of sp³-hybridized carbons (Fsp3) is 0.562. The minimum Gasteiger partial charge on any atom is -0.446 e. The minimum absolute atomic E-state index is 0.184. The minimum atomic E-state index is -0.990. The van der Waals surface area contributed by atoms with Crippen LogP contribution in [0.15, 0.2) is 24.3 Å². The Balaban J connectivity index is 3.09. The third-order valence-corrected chi connectivity index (χ3v) is 3.12. The van der Waals surface area contributed by atoms with Gasteiger partial charge in [0, 0.05) is 0 Å². The highest BCUT2D eigenvalue weighted by molar-refractivity contribution is 6.00. The molecule has 1 N–H and O–H groups in total. The summed E-state index contributed by atoms with van der Waals surface area (Å²) in [7, 11) is 0. The van der Waals surface area contributed by atoms with Gasteiger partial charge in [-0.15, -0.1) is 0 Å². The number of ether oxygens (including phenoxy) is 2. The first-order valence-electron chi connectivity index (χ1n) is 7.60. The smallest absolute Gasteiger partial charge is 0.430 e. The van der Waals surface area contributed by atoms with Crippen LogP contribution >= 0.6 is 0 Å². The molecule has 23 heavy (non-hydrogen) atoms. The van der Waals surface area contributed by atoms with E-state index in [2.05, 4.69) is 5.43 Å². The molecule has 0 atom stereocenters. The van der Waals surface area contributed by atoms with Gasteiger partial charge in [-0.2, -0.15) is 0 Å². The van der Waals surface area contributed by atoms with Gasteiger partial charge in [0.25, 0.3) is 0 Å². The van der Waals surface area contributed by atoms with E-state index in [1.54, 1.807) is 39.8 Å². The van der Waals surface area contributed by atoms with Gasteiger partial charge in [0.05, 0.1) is 12.2 Å². The molecule has 2 amide bonds. The Morgan fingerprint density at radius 3 is 2.09 bits per heavy atom. The molecule has 0 bridgehead atoms. The van der Waals surface area contributed by atoms with E-state index in [0.29, 0.717) is 6.42 Å². The normalized spacial score (nSPS) is 15.7. The van der Waals surface area contributed by atoms with Gasteiger partial charge in [0.15, 0.2) is 5.78 Å². The molecule has 0 aromatic heterocycles. The highest BCUT2D eigenvalue weighted by Gasteiger charge is 2.39. The van der Waals surface area contributed by atoms with Gasteiger partial charge in [-0.25, -0.2) is 20.0 Å². The number of hydrazine groups is 1. The van der Waals surface area contributed by atoms with Crippen LogP contribution in [-0.2, 0) is 14.3 Å². The van der Waals surface area contributed by atoms with Crippen LogP contribution in [0.3, 0.4) is 0 Å². The molecule has 0 aromatic carbocycles. The number of ketones is 1. The van der Waals surface area contributed by atoms with Crippen LogP contribution in [0.1, 0.15) is 41.0 Å². The fourth-order valence-electron chi connectivity index (χ4n) is 2.01. The van der Waals surface area contributed by atoms with Gasteiger partial charge >= 0.3 is 12.2 Å². The Morgan fingerprint density at radius 1 is 1.13 bits per heavy atom. The summed E-state index contributed by atoms with van der Waals surface area (Å²) in [5, 5.41) is 1.05. The summed E-state index contributed by atoms with van der Waals surface area (Å²) < 4.78 is 10.2. The summed E-state index contributed by atoms with van der Waals surface area (Å²) in [5.74, 6) is -0.184. The first-order valence-corrected chi connectivity index (χ1v) is 7.60. The summed E-state index contributed by atoms with van der Waals surface area (Å²) in [6.07, 6.45) is 4.07. The number of carbonyl (C=O) groups is 3. The number of rotatable bonds is 4. The quantitative estimate of drug-likeness (QED) is 0.804. The Labute approximate surface area is 136 Å². The summed E-state index contributed by atoms with van der Waals surface area (Å²) in [4.78, 5) is 35.7. The lowest BCUT2D eigenvalue weighted by Crippen LogP contribution is -2.59. The standard InChI is InChI=1S/C16H24N2O5/c1-6-16(9-7-13(19)8-10-16)18(15(21)23-12(4)5)17-14(20)22-11(2)3/h7-12H,6H2,1-5H3,(H,17,20). The van der Waals surface area contributed by atoms with Crippen LogP contribution in [0.4, 0.5) is 9.59 Å². The molecule has 0 saturated carbocycles. The molecule has 0 fully saturated rings. The summed E-state index contributed by atoms with van der Waals surface area (Å²) in [5.41, 5.74) is 1.42. The van der Waals surface area contributed by atoms with Crippen molar-refractivity contribution >= 4 is 18.0 Å². The van der Waals surface area contributed by atoms with Gasteiger partial charge in [0.2, 0.25) is 0 Å². The number of nitrogens with zero attached hydrogens (tertiary/aromatic N) is 1.